The maximum absolute atomic E-state index is 3.70. The van der Waals surface area contributed by atoms with Crippen LogP contribution in [0.5, 0.6) is 0 Å². The van der Waals surface area contributed by atoms with Gasteiger partial charge in [-0.3, -0.25) is 0 Å². The molecular formula is C6H10IIn. The van der Waals surface area contributed by atoms with Crippen LogP contribution in [0.3, 0.4) is 0 Å². The summed E-state index contributed by atoms with van der Waals surface area (Å²) in [6.07, 6.45) is 4.08. The number of hydrogen-bond donors (Lipinski definition) is 0. The molecule has 0 aromatic heterocycles. The van der Waals surface area contributed by atoms with Crippen molar-refractivity contribution in [2.24, 2.45) is 0 Å². The average molecular weight is 324 g/mol. The van der Waals surface area contributed by atoms with Crippen LogP contribution in [-0.4, -0.2) is 17.3 Å². The van der Waals surface area contributed by atoms with Crippen molar-refractivity contribution in [3.8, 4) is 0 Å². The minimum absolute atomic E-state index is 1.06. The van der Waals surface area contributed by atoms with Crippen LogP contribution in [0.25, 0.3) is 0 Å². The van der Waals surface area contributed by atoms with E-state index in [-0.39, 0.29) is 0 Å². The standard InChI is InChI=1S/2C3H5.HI.In/c2*1-3-2;;/h2*3H,1-2H2;1H;/q;;;+1/p-1. The van der Waals surface area contributed by atoms with Gasteiger partial charge in [-0.05, 0) is 0 Å². The predicted octanol–water partition coefficient (Wildman–Crippen LogP) is 2.78. The van der Waals surface area contributed by atoms with Gasteiger partial charge >= 0.3 is 69.1 Å². The molecule has 0 aromatic rings. The van der Waals surface area contributed by atoms with Gasteiger partial charge in [0.15, 0.2) is 0 Å². The summed E-state index contributed by atoms with van der Waals surface area (Å²) < 4.78 is 2.60. The SMILES string of the molecule is C=C[CH2][In]([I])[CH2]C=C. The molecule has 0 aromatic carbocycles. The average Bonchev–Trinajstić information content (AvgIpc) is 1.68. The molecule has 0 spiro atoms. The molecule has 0 aliphatic rings. The summed E-state index contributed by atoms with van der Waals surface area (Å²) >= 11 is 1.54. The molecular weight excluding hydrogens is 314 g/mol. The zero-order valence-corrected chi connectivity index (χ0v) is 10.4. The summed E-state index contributed by atoms with van der Waals surface area (Å²) in [5, 5.41) is 0. The van der Waals surface area contributed by atoms with E-state index in [2.05, 4.69) is 31.3 Å². The van der Waals surface area contributed by atoms with E-state index >= 15 is 0 Å². The van der Waals surface area contributed by atoms with Crippen LogP contribution in [0.1, 0.15) is 0 Å². The fourth-order valence-electron chi connectivity index (χ4n) is 0.458. The summed E-state index contributed by atoms with van der Waals surface area (Å²) in [5.41, 5.74) is 0. The predicted molar refractivity (Wildman–Crippen MR) is 49.8 cm³/mol. The normalized spacial score (nSPS) is 8.12. The van der Waals surface area contributed by atoms with E-state index in [4.69, 9.17) is 0 Å². The van der Waals surface area contributed by atoms with Crippen molar-refractivity contribution in [1.29, 1.82) is 0 Å². The van der Waals surface area contributed by atoms with Gasteiger partial charge in [0.1, 0.15) is 0 Å². The molecule has 0 saturated carbocycles. The van der Waals surface area contributed by atoms with E-state index < -0.39 is 17.3 Å². The summed E-state index contributed by atoms with van der Waals surface area (Å²) in [5.74, 6) is 0. The number of hydrogen-bond acceptors (Lipinski definition) is 0. The maximum atomic E-state index is 3.70. The second-order valence-corrected chi connectivity index (χ2v) is 19.6. The van der Waals surface area contributed by atoms with Crippen LogP contribution in [0.15, 0.2) is 25.3 Å². The van der Waals surface area contributed by atoms with Gasteiger partial charge in [-0.2, -0.15) is 0 Å². The van der Waals surface area contributed by atoms with E-state index in [1.54, 1.807) is 0 Å². The summed E-state index contributed by atoms with van der Waals surface area (Å²) in [7, 11) is 0. The molecule has 44 valence electrons. The van der Waals surface area contributed by atoms with Crippen LogP contribution >= 0.6 is 18.1 Å². The molecule has 0 bridgehead atoms. The van der Waals surface area contributed by atoms with Crippen molar-refractivity contribution in [2.45, 2.75) is 8.35 Å². The van der Waals surface area contributed by atoms with E-state index in [1.807, 2.05) is 12.2 Å². The Bertz CT molecular complexity index is 70.6. The fraction of sp³-hybridized carbons (Fsp3) is 0.333. The van der Waals surface area contributed by atoms with Crippen molar-refractivity contribution >= 4 is 35.4 Å². The number of halogens is 1. The monoisotopic (exact) mass is 324 g/mol. The van der Waals surface area contributed by atoms with Crippen molar-refractivity contribution in [2.75, 3.05) is 0 Å². The van der Waals surface area contributed by atoms with E-state index in [0.717, 1.165) is 0 Å². The zero-order chi connectivity index (χ0) is 6.41. The third kappa shape index (κ3) is 5.22. The molecule has 0 N–H and O–H groups in total. The molecule has 0 amide bonds. The van der Waals surface area contributed by atoms with Gasteiger partial charge in [0, 0.05) is 0 Å². The first-order chi connectivity index (χ1) is 3.81. The van der Waals surface area contributed by atoms with Crippen molar-refractivity contribution in [1.82, 2.24) is 0 Å². The van der Waals surface area contributed by atoms with Crippen molar-refractivity contribution in [3.63, 3.8) is 0 Å². The van der Waals surface area contributed by atoms with Crippen molar-refractivity contribution < 1.29 is 0 Å². The Morgan fingerprint density at radius 3 is 1.88 bits per heavy atom. The molecule has 0 rings (SSSR count). The fourth-order valence-corrected chi connectivity index (χ4v) is 7.90. The Hall–Kier alpha value is 1.08. The number of allylic oxidation sites excluding steroid dienone is 2. The quantitative estimate of drug-likeness (QED) is 0.551. The minimum atomic E-state index is -1.06. The second kappa shape index (κ2) is 6.20. The Morgan fingerprint density at radius 1 is 1.25 bits per heavy atom. The molecule has 0 atom stereocenters. The molecule has 0 radical (unpaired) electrons. The first kappa shape index (κ1) is 9.08. The molecule has 0 nitrogen and oxygen atoms in total. The molecule has 0 unspecified atom stereocenters. The molecule has 8 heavy (non-hydrogen) atoms. The Labute approximate surface area is 68.3 Å². The van der Waals surface area contributed by atoms with Gasteiger partial charge in [-0.1, -0.05) is 0 Å². The molecule has 0 fully saturated rings. The molecule has 0 saturated heterocycles. The van der Waals surface area contributed by atoms with Crippen LogP contribution in [-0.2, 0) is 0 Å². The third-order valence-corrected chi connectivity index (χ3v) is 12.5. The Morgan fingerprint density at radius 2 is 1.62 bits per heavy atom. The Balaban J connectivity index is 3.16. The van der Waals surface area contributed by atoms with Crippen LogP contribution in [0.4, 0.5) is 0 Å². The first-order valence-corrected chi connectivity index (χ1v) is 16.9. The van der Waals surface area contributed by atoms with Gasteiger partial charge in [-0.25, -0.2) is 0 Å². The Kier molecular flexibility index (Phi) is 7.04. The van der Waals surface area contributed by atoms with Crippen LogP contribution in [0, 0.1) is 0 Å². The van der Waals surface area contributed by atoms with E-state index in [0.29, 0.717) is 0 Å². The topological polar surface area (TPSA) is 0 Å². The van der Waals surface area contributed by atoms with Gasteiger partial charge in [0.05, 0.1) is 0 Å². The van der Waals surface area contributed by atoms with Gasteiger partial charge in [0.2, 0.25) is 0 Å². The molecule has 0 heterocycles. The van der Waals surface area contributed by atoms with Gasteiger partial charge in [-0.15, -0.1) is 0 Å². The molecule has 2 heteroatoms. The van der Waals surface area contributed by atoms with E-state index in [1.165, 1.54) is 8.35 Å². The summed E-state index contributed by atoms with van der Waals surface area (Å²) in [6, 6.07) is 0. The van der Waals surface area contributed by atoms with E-state index in [9.17, 15) is 0 Å². The molecule has 0 aliphatic carbocycles. The third-order valence-electron chi connectivity index (χ3n) is 0.845. The van der Waals surface area contributed by atoms with Crippen LogP contribution in [0.2, 0.25) is 8.35 Å². The second-order valence-electron chi connectivity index (χ2n) is 1.65. The summed E-state index contributed by atoms with van der Waals surface area (Å²) in [4.78, 5) is 0. The first-order valence-electron chi connectivity index (χ1n) is 2.67. The zero-order valence-electron chi connectivity index (χ0n) is 4.94. The van der Waals surface area contributed by atoms with Crippen LogP contribution < -0.4 is 0 Å². The number of rotatable bonds is 4. The van der Waals surface area contributed by atoms with Crippen molar-refractivity contribution in [3.05, 3.63) is 25.3 Å². The van der Waals surface area contributed by atoms with Gasteiger partial charge < -0.3 is 0 Å². The van der Waals surface area contributed by atoms with Gasteiger partial charge in [0.25, 0.3) is 0 Å². The summed E-state index contributed by atoms with van der Waals surface area (Å²) in [6.45, 7) is 7.39. The molecule has 0 aliphatic heterocycles.